The Bertz CT molecular complexity index is 746. The van der Waals surface area contributed by atoms with Crippen molar-refractivity contribution in [3.8, 4) is 0 Å². The molecule has 152 valence electrons. The van der Waals surface area contributed by atoms with Crippen molar-refractivity contribution in [1.29, 1.82) is 0 Å². The first-order valence-corrected chi connectivity index (χ1v) is 10.1. The predicted molar refractivity (Wildman–Crippen MR) is 105 cm³/mol. The van der Waals surface area contributed by atoms with E-state index in [0.717, 1.165) is 38.5 Å². The Morgan fingerprint density at radius 2 is 1.79 bits per heavy atom. The molecule has 0 bridgehead atoms. The summed E-state index contributed by atoms with van der Waals surface area (Å²) in [5.41, 5.74) is 0.483. The molecule has 0 aromatic heterocycles. The van der Waals surface area contributed by atoms with E-state index in [1.54, 1.807) is 0 Å². The van der Waals surface area contributed by atoms with E-state index < -0.39 is 5.82 Å². The molecule has 1 aromatic rings. The molecule has 7 heteroatoms. The Hall–Kier alpha value is -2.44. The molecule has 2 aliphatic rings. The second-order valence-electron chi connectivity index (χ2n) is 7.93. The van der Waals surface area contributed by atoms with Crippen LogP contribution in [0.1, 0.15) is 51.9 Å². The third kappa shape index (κ3) is 5.53. The van der Waals surface area contributed by atoms with E-state index in [2.05, 4.69) is 16.0 Å². The summed E-state index contributed by atoms with van der Waals surface area (Å²) in [7, 11) is 0. The summed E-state index contributed by atoms with van der Waals surface area (Å²) in [5.74, 6) is -0.558. The van der Waals surface area contributed by atoms with Gasteiger partial charge in [0.1, 0.15) is 5.82 Å². The van der Waals surface area contributed by atoms with E-state index in [0.29, 0.717) is 11.6 Å². The molecule has 0 heterocycles. The van der Waals surface area contributed by atoms with Gasteiger partial charge in [-0.2, -0.15) is 0 Å². The maximum atomic E-state index is 14.1. The number of hydrogen-bond acceptors (Lipinski definition) is 3. The SMILES string of the molecule is CC1CC1C(=O)NCCC(=O)Nc1ccc(F)c(NC(=O)C2CCCCC2)c1. The van der Waals surface area contributed by atoms with Crippen LogP contribution in [-0.4, -0.2) is 24.3 Å². The topological polar surface area (TPSA) is 87.3 Å². The lowest BCUT2D eigenvalue weighted by Gasteiger charge is -2.21. The molecule has 2 unspecified atom stereocenters. The first-order chi connectivity index (χ1) is 13.4. The molecule has 2 saturated carbocycles. The Labute approximate surface area is 164 Å². The van der Waals surface area contributed by atoms with Crippen LogP contribution in [0.5, 0.6) is 0 Å². The number of amides is 3. The van der Waals surface area contributed by atoms with E-state index in [1.165, 1.54) is 18.2 Å². The minimum absolute atomic E-state index is 0.00482. The Kier molecular flexibility index (Phi) is 6.65. The molecule has 0 aliphatic heterocycles. The van der Waals surface area contributed by atoms with Crippen molar-refractivity contribution in [1.82, 2.24) is 5.32 Å². The van der Waals surface area contributed by atoms with E-state index in [1.807, 2.05) is 6.92 Å². The van der Waals surface area contributed by atoms with Crippen LogP contribution in [0.2, 0.25) is 0 Å². The minimum Gasteiger partial charge on any atom is -0.355 e. The van der Waals surface area contributed by atoms with Crippen LogP contribution in [0.4, 0.5) is 15.8 Å². The molecule has 2 aliphatic carbocycles. The van der Waals surface area contributed by atoms with Crippen molar-refractivity contribution in [2.24, 2.45) is 17.8 Å². The van der Waals surface area contributed by atoms with Crippen LogP contribution in [0.25, 0.3) is 0 Å². The number of hydrogen-bond donors (Lipinski definition) is 3. The van der Waals surface area contributed by atoms with Crippen molar-refractivity contribution < 1.29 is 18.8 Å². The first kappa shape index (κ1) is 20.3. The smallest absolute Gasteiger partial charge is 0.227 e. The van der Waals surface area contributed by atoms with Crippen LogP contribution >= 0.6 is 0 Å². The zero-order chi connectivity index (χ0) is 20.1. The van der Waals surface area contributed by atoms with Crippen molar-refractivity contribution in [2.45, 2.75) is 51.9 Å². The highest BCUT2D eigenvalue weighted by molar-refractivity contribution is 5.95. The third-order valence-corrected chi connectivity index (χ3v) is 5.58. The van der Waals surface area contributed by atoms with Gasteiger partial charge in [0, 0.05) is 30.5 Å². The fourth-order valence-corrected chi connectivity index (χ4v) is 3.64. The molecule has 6 nitrogen and oxygen atoms in total. The van der Waals surface area contributed by atoms with Crippen LogP contribution < -0.4 is 16.0 Å². The highest BCUT2D eigenvalue weighted by Crippen LogP contribution is 2.37. The van der Waals surface area contributed by atoms with Crippen LogP contribution in [-0.2, 0) is 14.4 Å². The van der Waals surface area contributed by atoms with E-state index >= 15 is 0 Å². The summed E-state index contributed by atoms with van der Waals surface area (Å²) in [6.07, 6.45) is 5.88. The average Bonchev–Trinajstić information content (AvgIpc) is 3.42. The maximum absolute atomic E-state index is 14.1. The monoisotopic (exact) mass is 389 g/mol. The highest BCUT2D eigenvalue weighted by Gasteiger charge is 2.38. The van der Waals surface area contributed by atoms with Gasteiger partial charge in [-0.3, -0.25) is 14.4 Å². The normalized spacial score (nSPS) is 21.6. The second-order valence-corrected chi connectivity index (χ2v) is 7.93. The van der Waals surface area contributed by atoms with Crippen molar-refractivity contribution in [3.05, 3.63) is 24.0 Å². The van der Waals surface area contributed by atoms with Crippen molar-refractivity contribution in [2.75, 3.05) is 17.2 Å². The zero-order valence-corrected chi connectivity index (χ0v) is 16.2. The number of carbonyl (C=O) groups excluding carboxylic acids is 3. The molecule has 3 rings (SSSR count). The highest BCUT2D eigenvalue weighted by atomic mass is 19.1. The predicted octanol–water partition coefficient (Wildman–Crippen LogP) is 3.45. The summed E-state index contributed by atoms with van der Waals surface area (Å²) in [6.45, 7) is 2.29. The molecule has 28 heavy (non-hydrogen) atoms. The molecule has 3 N–H and O–H groups in total. The van der Waals surface area contributed by atoms with Crippen LogP contribution in [0.15, 0.2) is 18.2 Å². The van der Waals surface area contributed by atoms with Gasteiger partial charge in [-0.1, -0.05) is 26.2 Å². The number of nitrogens with one attached hydrogen (secondary N) is 3. The van der Waals surface area contributed by atoms with Crippen molar-refractivity contribution in [3.63, 3.8) is 0 Å². The minimum atomic E-state index is -0.534. The quantitative estimate of drug-likeness (QED) is 0.667. The number of halogens is 1. The summed E-state index contributed by atoms with van der Waals surface area (Å²) < 4.78 is 14.1. The molecule has 2 fully saturated rings. The number of rotatable bonds is 7. The van der Waals surface area contributed by atoms with Crippen LogP contribution in [0, 0.1) is 23.6 Å². The lowest BCUT2D eigenvalue weighted by atomic mass is 9.88. The first-order valence-electron chi connectivity index (χ1n) is 10.1. The second kappa shape index (κ2) is 9.17. The van der Waals surface area contributed by atoms with Gasteiger partial charge in [0.2, 0.25) is 17.7 Å². The Morgan fingerprint density at radius 1 is 1.07 bits per heavy atom. The van der Waals surface area contributed by atoms with Gasteiger partial charge in [0.15, 0.2) is 0 Å². The Morgan fingerprint density at radius 3 is 2.46 bits per heavy atom. The number of benzene rings is 1. The van der Waals surface area contributed by atoms with Crippen molar-refractivity contribution >= 4 is 29.1 Å². The zero-order valence-electron chi connectivity index (χ0n) is 16.2. The van der Waals surface area contributed by atoms with Gasteiger partial charge in [-0.05, 0) is 43.4 Å². The Balaban J connectivity index is 1.48. The summed E-state index contributed by atoms with van der Waals surface area (Å²) in [5, 5.41) is 8.09. The average molecular weight is 389 g/mol. The van der Waals surface area contributed by atoms with Crippen LogP contribution in [0.3, 0.4) is 0 Å². The van der Waals surface area contributed by atoms with E-state index in [9.17, 15) is 18.8 Å². The number of anilines is 2. The van der Waals surface area contributed by atoms with Gasteiger partial charge in [-0.25, -0.2) is 4.39 Å². The fraction of sp³-hybridized carbons (Fsp3) is 0.571. The molecule has 3 amide bonds. The molecular formula is C21H28FN3O3. The largest absolute Gasteiger partial charge is 0.355 e. The van der Waals surface area contributed by atoms with E-state index in [4.69, 9.17) is 0 Å². The molecule has 0 spiro atoms. The summed E-state index contributed by atoms with van der Waals surface area (Å²) in [4.78, 5) is 36.1. The lowest BCUT2D eigenvalue weighted by Crippen LogP contribution is -2.29. The molecule has 0 radical (unpaired) electrons. The molecule has 1 aromatic carbocycles. The van der Waals surface area contributed by atoms with Gasteiger partial charge in [0.05, 0.1) is 5.69 Å². The van der Waals surface area contributed by atoms with Gasteiger partial charge < -0.3 is 16.0 Å². The van der Waals surface area contributed by atoms with Gasteiger partial charge in [-0.15, -0.1) is 0 Å². The summed E-state index contributed by atoms with van der Waals surface area (Å²) in [6, 6.07) is 4.11. The molecule has 2 atom stereocenters. The molecular weight excluding hydrogens is 361 g/mol. The number of carbonyl (C=O) groups is 3. The summed E-state index contributed by atoms with van der Waals surface area (Å²) >= 11 is 0. The fourth-order valence-electron chi connectivity index (χ4n) is 3.64. The maximum Gasteiger partial charge on any atom is 0.227 e. The van der Waals surface area contributed by atoms with Gasteiger partial charge >= 0.3 is 0 Å². The third-order valence-electron chi connectivity index (χ3n) is 5.58. The van der Waals surface area contributed by atoms with E-state index in [-0.39, 0.29) is 48.2 Å². The standard InChI is InChI=1S/C21H28FN3O3/c1-13-11-16(13)21(28)23-10-9-19(26)24-15-7-8-17(22)18(12-15)25-20(27)14-5-3-2-4-6-14/h7-8,12-14,16H,2-6,9-11H2,1H3,(H,23,28)(H,24,26)(H,25,27). The lowest BCUT2D eigenvalue weighted by molar-refractivity contribution is -0.123. The van der Waals surface area contributed by atoms with Gasteiger partial charge in [0.25, 0.3) is 0 Å². The molecule has 0 saturated heterocycles.